The van der Waals surface area contributed by atoms with E-state index in [1.54, 1.807) is 25.1 Å². The van der Waals surface area contributed by atoms with Gasteiger partial charge in [0.25, 0.3) is 0 Å². The number of anilines is 1. The maximum Gasteiger partial charge on any atom is 0.341 e. The number of nitrogens with two attached hydrogens (primary N) is 1. The third-order valence-electron chi connectivity index (χ3n) is 3.57. The van der Waals surface area contributed by atoms with E-state index in [1.807, 2.05) is 25.2 Å². The molecule has 4 nitrogen and oxygen atoms in total. The molecule has 1 aromatic carbocycles. The van der Waals surface area contributed by atoms with Crippen LogP contribution in [0.3, 0.4) is 0 Å². The van der Waals surface area contributed by atoms with Crippen LogP contribution >= 0.6 is 11.3 Å². The fourth-order valence-corrected chi connectivity index (χ4v) is 3.48. The largest absolute Gasteiger partial charge is 0.506 e. The number of benzene rings is 1. The lowest BCUT2D eigenvalue weighted by Crippen LogP contribution is -2.07. The van der Waals surface area contributed by atoms with Crippen LogP contribution in [0.15, 0.2) is 48.6 Å². The van der Waals surface area contributed by atoms with Gasteiger partial charge in [-0.25, -0.2) is 4.79 Å². The molecular formula is C19H21NO3S. The summed E-state index contributed by atoms with van der Waals surface area (Å²) in [5.74, 6) is -0.357. The molecule has 0 spiro atoms. The first-order chi connectivity index (χ1) is 11.5. The van der Waals surface area contributed by atoms with Gasteiger partial charge in [-0.1, -0.05) is 36.9 Å². The molecule has 0 amide bonds. The molecular weight excluding hydrogens is 322 g/mol. The zero-order chi connectivity index (χ0) is 17.7. The molecule has 2 aromatic rings. The van der Waals surface area contributed by atoms with Gasteiger partial charge in [-0.15, -0.1) is 11.3 Å². The van der Waals surface area contributed by atoms with Crippen LogP contribution in [0.4, 0.5) is 5.00 Å². The number of hydrogen-bond donors (Lipinski definition) is 2. The molecule has 0 aliphatic carbocycles. The minimum atomic E-state index is -0.467. The number of phenols is 1. The molecule has 5 heteroatoms. The molecule has 24 heavy (non-hydrogen) atoms. The Hall–Kier alpha value is -2.53. The normalized spacial score (nSPS) is 12.0. The summed E-state index contributed by atoms with van der Waals surface area (Å²) in [5.41, 5.74) is 8.25. The van der Waals surface area contributed by atoms with Gasteiger partial charge in [-0.2, -0.15) is 0 Å². The van der Waals surface area contributed by atoms with E-state index >= 15 is 0 Å². The van der Waals surface area contributed by atoms with Crippen LogP contribution in [0, 0.1) is 0 Å². The Morgan fingerprint density at radius 3 is 2.83 bits per heavy atom. The molecule has 2 rings (SSSR count). The molecule has 0 aliphatic heterocycles. The second kappa shape index (κ2) is 7.84. The van der Waals surface area contributed by atoms with Gasteiger partial charge in [0.2, 0.25) is 0 Å². The van der Waals surface area contributed by atoms with Crippen molar-refractivity contribution >= 4 is 32.4 Å². The maximum atomic E-state index is 12.3. The summed E-state index contributed by atoms with van der Waals surface area (Å²) in [6.07, 6.45) is 8.18. The summed E-state index contributed by atoms with van der Waals surface area (Å²) in [4.78, 5) is 12.3. The smallest absolute Gasteiger partial charge is 0.341 e. The van der Waals surface area contributed by atoms with Crippen molar-refractivity contribution in [1.29, 1.82) is 0 Å². The lowest BCUT2D eigenvalue weighted by atomic mass is 9.98. The van der Waals surface area contributed by atoms with Crippen LogP contribution in [-0.2, 0) is 11.2 Å². The number of nitrogen functional groups attached to an aromatic ring is 1. The fraction of sp³-hybridized carbons (Fsp3) is 0.211. The minimum Gasteiger partial charge on any atom is -0.506 e. The average molecular weight is 343 g/mol. The maximum absolute atomic E-state index is 12.3. The van der Waals surface area contributed by atoms with Crippen molar-refractivity contribution in [2.75, 3.05) is 12.3 Å². The second-order valence-corrected chi connectivity index (χ2v) is 6.21. The predicted octanol–water partition coefficient (Wildman–Crippen LogP) is 4.60. The Labute approximate surface area is 145 Å². The van der Waals surface area contributed by atoms with Crippen LogP contribution in [0.1, 0.15) is 29.8 Å². The van der Waals surface area contributed by atoms with Gasteiger partial charge >= 0.3 is 5.97 Å². The summed E-state index contributed by atoms with van der Waals surface area (Å²) >= 11 is 1.19. The van der Waals surface area contributed by atoms with Crippen LogP contribution in [0.25, 0.3) is 10.1 Å². The van der Waals surface area contributed by atoms with Gasteiger partial charge in [0.05, 0.1) is 11.3 Å². The van der Waals surface area contributed by atoms with Gasteiger partial charge in [0, 0.05) is 5.39 Å². The van der Waals surface area contributed by atoms with Crippen molar-refractivity contribution in [2.24, 2.45) is 0 Å². The minimum absolute atomic E-state index is 0.110. The SMILES string of the molecule is C=C/C(=C\C=C/C)Cc1ccc(O)c2sc(N)c(C(=O)OCC)c12. The lowest BCUT2D eigenvalue weighted by molar-refractivity contribution is 0.0530. The number of esters is 1. The number of aromatic hydroxyl groups is 1. The molecule has 1 heterocycles. The van der Waals surface area contributed by atoms with E-state index in [0.29, 0.717) is 27.1 Å². The third-order valence-corrected chi connectivity index (χ3v) is 4.61. The van der Waals surface area contributed by atoms with E-state index in [1.165, 1.54) is 11.3 Å². The molecule has 0 saturated carbocycles. The Kier molecular flexibility index (Phi) is 5.82. The van der Waals surface area contributed by atoms with Gasteiger partial charge in [-0.05, 0) is 37.5 Å². The molecule has 0 bridgehead atoms. The highest BCUT2D eigenvalue weighted by molar-refractivity contribution is 7.23. The third kappa shape index (κ3) is 3.51. The van der Waals surface area contributed by atoms with Crippen molar-refractivity contribution in [3.8, 4) is 5.75 Å². The molecule has 0 saturated heterocycles. The summed E-state index contributed by atoms with van der Waals surface area (Å²) in [7, 11) is 0. The van der Waals surface area contributed by atoms with E-state index in [4.69, 9.17) is 10.5 Å². The van der Waals surface area contributed by atoms with Gasteiger partial charge in [0.1, 0.15) is 16.3 Å². The summed E-state index contributed by atoms with van der Waals surface area (Å²) < 4.78 is 5.73. The first-order valence-corrected chi connectivity index (χ1v) is 8.49. The van der Waals surface area contributed by atoms with E-state index in [0.717, 1.165) is 11.1 Å². The van der Waals surface area contributed by atoms with Crippen LogP contribution in [0.5, 0.6) is 5.75 Å². The van der Waals surface area contributed by atoms with Crippen molar-refractivity contribution in [3.05, 3.63) is 59.7 Å². The van der Waals surface area contributed by atoms with Crippen molar-refractivity contribution < 1.29 is 14.6 Å². The molecule has 126 valence electrons. The van der Waals surface area contributed by atoms with Crippen LogP contribution < -0.4 is 5.73 Å². The molecule has 0 aliphatic rings. The summed E-state index contributed by atoms with van der Waals surface area (Å²) in [6.45, 7) is 7.79. The number of allylic oxidation sites excluding steroid dienone is 5. The molecule has 0 atom stereocenters. The monoisotopic (exact) mass is 343 g/mol. The van der Waals surface area contributed by atoms with Gasteiger partial charge in [-0.3, -0.25) is 0 Å². The molecule has 0 fully saturated rings. The van der Waals surface area contributed by atoms with Crippen molar-refractivity contribution in [3.63, 3.8) is 0 Å². The fourth-order valence-electron chi connectivity index (χ4n) is 2.47. The number of carbonyl (C=O) groups excluding carboxylic acids is 1. The highest BCUT2D eigenvalue weighted by atomic mass is 32.1. The zero-order valence-corrected chi connectivity index (χ0v) is 14.7. The lowest BCUT2D eigenvalue weighted by Gasteiger charge is -2.08. The summed E-state index contributed by atoms with van der Waals surface area (Å²) in [5, 5.41) is 11.1. The quantitative estimate of drug-likeness (QED) is 0.594. The standard InChI is InChI=1S/C19H21NO3S/c1-4-7-8-12(5-2)11-13-9-10-14(21)17-15(13)16(18(20)24-17)19(22)23-6-3/h4-5,7-10,21H,2,6,11,20H2,1,3H3/b7-4-,12-8+. The number of carbonyl (C=O) groups is 1. The highest BCUT2D eigenvalue weighted by Gasteiger charge is 2.22. The van der Waals surface area contributed by atoms with Crippen molar-refractivity contribution in [2.45, 2.75) is 20.3 Å². The second-order valence-electron chi connectivity index (χ2n) is 5.16. The molecule has 0 radical (unpaired) electrons. The average Bonchev–Trinajstić information content (AvgIpc) is 2.92. The number of ether oxygens (including phenoxy) is 1. The van der Waals surface area contributed by atoms with E-state index in [-0.39, 0.29) is 12.4 Å². The Balaban J connectivity index is 2.64. The number of fused-ring (bicyclic) bond motifs is 1. The topological polar surface area (TPSA) is 72.5 Å². The number of hydrogen-bond acceptors (Lipinski definition) is 5. The van der Waals surface area contributed by atoms with Gasteiger partial charge in [0.15, 0.2) is 0 Å². The molecule has 3 N–H and O–H groups in total. The van der Waals surface area contributed by atoms with E-state index in [2.05, 4.69) is 6.58 Å². The highest BCUT2D eigenvalue weighted by Crippen LogP contribution is 2.41. The number of rotatable bonds is 6. The van der Waals surface area contributed by atoms with Crippen LogP contribution in [-0.4, -0.2) is 17.7 Å². The predicted molar refractivity (Wildman–Crippen MR) is 101 cm³/mol. The Bertz CT molecular complexity index is 831. The molecule has 0 unspecified atom stereocenters. The van der Waals surface area contributed by atoms with Gasteiger partial charge < -0.3 is 15.6 Å². The number of phenolic OH excluding ortho intramolecular Hbond substituents is 1. The van der Waals surface area contributed by atoms with E-state index in [9.17, 15) is 9.90 Å². The molecule has 1 aromatic heterocycles. The van der Waals surface area contributed by atoms with Crippen LogP contribution in [0.2, 0.25) is 0 Å². The first kappa shape index (κ1) is 17.8. The van der Waals surface area contributed by atoms with E-state index < -0.39 is 5.97 Å². The zero-order valence-electron chi connectivity index (χ0n) is 13.8. The number of thiophene rings is 1. The summed E-state index contributed by atoms with van der Waals surface area (Å²) in [6, 6.07) is 3.43. The Morgan fingerprint density at radius 2 is 2.21 bits per heavy atom. The van der Waals surface area contributed by atoms with Crippen molar-refractivity contribution in [1.82, 2.24) is 0 Å². The first-order valence-electron chi connectivity index (χ1n) is 7.67. The Morgan fingerprint density at radius 1 is 1.46 bits per heavy atom.